The van der Waals surface area contributed by atoms with Crippen LogP contribution < -0.4 is 5.32 Å². The third-order valence-electron chi connectivity index (χ3n) is 2.20. The van der Waals surface area contributed by atoms with E-state index in [0.717, 1.165) is 12.0 Å². The van der Waals surface area contributed by atoms with Gasteiger partial charge in [-0.3, -0.25) is 4.79 Å². The van der Waals surface area contributed by atoms with E-state index >= 15 is 0 Å². The Labute approximate surface area is 99.8 Å². The molecule has 88 valence electrons. The number of carbonyl (C=O) groups excluding carboxylic acids is 1. The highest BCUT2D eigenvalue weighted by Gasteiger charge is 2.02. The van der Waals surface area contributed by atoms with Crippen LogP contribution in [0.25, 0.3) is 0 Å². The fraction of sp³-hybridized carbons (Fsp3) is 0.417. The second kappa shape index (κ2) is 6.48. The van der Waals surface area contributed by atoms with Crippen molar-refractivity contribution in [2.24, 2.45) is 0 Å². The van der Waals surface area contributed by atoms with Gasteiger partial charge in [0, 0.05) is 13.0 Å². The van der Waals surface area contributed by atoms with Gasteiger partial charge in [-0.05, 0) is 30.5 Å². The van der Waals surface area contributed by atoms with Crippen molar-refractivity contribution >= 4 is 17.5 Å². The van der Waals surface area contributed by atoms with Crippen molar-refractivity contribution in [3.63, 3.8) is 0 Å². The van der Waals surface area contributed by atoms with Crippen LogP contribution in [0, 0.1) is 5.82 Å². The van der Waals surface area contributed by atoms with Gasteiger partial charge in [-0.2, -0.15) is 0 Å². The van der Waals surface area contributed by atoms with Gasteiger partial charge in [0.05, 0.1) is 5.02 Å². The summed E-state index contributed by atoms with van der Waals surface area (Å²) < 4.78 is 12.8. The molecule has 1 amide bonds. The summed E-state index contributed by atoms with van der Waals surface area (Å²) in [5, 5.41) is 2.91. The summed E-state index contributed by atoms with van der Waals surface area (Å²) in [5.41, 5.74) is 0.920. The first-order chi connectivity index (χ1) is 7.63. The van der Waals surface area contributed by atoms with Crippen LogP contribution in [0.4, 0.5) is 4.39 Å². The van der Waals surface area contributed by atoms with E-state index in [9.17, 15) is 9.18 Å². The largest absolute Gasteiger partial charge is 0.356 e. The number of amides is 1. The van der Waals surface area contributed by atoms with Gasteiger partial charge in [-0.25, -0.2) is 4.39 Å². The Kier molecular flexibility index (Phi) is 5.26. The molecule has 0 saturated carbocycles. The molecule has 4 heteroatoms. The minimum atomic E-state index is -0.416. The van der Waals surface area contributed by atoms with Crippen LogP contribution in [-0.4, -0.2) is 12.5 Å². The van der Waals surface area contributed by atoms with Crippen molar-refractivity contribution < 1.29 is 9.18 Å². The molecule has 0 fully saturated rings. The topological polar surface area (TPSA) is 29.1 Å². The monoisotopic (exact) mass is 243 g/mol. The highest BCUT2D eigenvalue weighted by atomic mass is 35.5. The molecule has 1 aromatic rings. The Bertz CT molecular complexity index is 368. The Hall–Kier alpha value is -1.09. The smallest absolute Gasteiger partial charge is 0.219 e. The summed E-state index contributed by atoms with van der Waals surface area (Å²) in [4.78, 5) is 11.2. The van der Waals surface area contributed by atoms with Crippen LogP contribution >= 0.6 is 11.6 Å². The molecule has 1 aromatic carbocycles. The molecule has 0 spiro atoms. The molecule has 2 nitrogen and oxygen atoms in total. The fourth-order valence-corrected chi connectivity index (χ4v) is 1.56. The first-order valence-corrected chi connectivity index (χ1v) is 5.72. The number of hydrogen-bond acceptors (Lipinski definition) is 1. The van der Waals surface area contributed by atoms with Gasteiger partial charge in [0.15, 0.2) is 0 Å². The first-order valence-electron chi connectivity index (χ1n) is 5.34. The zero-order chi connectivity index (χ0) is 12.0. The van der Waals surface area contributed by atoms with E-state index in [0.29, 0.717) is 19.4 Å². The summed E-state index contributed by atoms with van der Waals surface area (Å²) in [6.07, 6.45) is 2.05. The molecular formula is C12H15ClFNO. The van der Waals surface area contributed by atoms with Crippen molar-refractivity contribution in [1.82, 2.24) is 5.32 Å². The van der Waals surface area contributed by atoms with E-state index in [1.165, 1.54) is 6.07 Å². The summed E-state index contributed by atoms with van der Waals surface area (Å²) in [6, 6.07) is 4.60. The van der Waals surface area contributed by atoms with Gasteiger partial charge in [-0.1, -0.05) is 24.6 Å². The molecular weight excluding hydrogens is 229 g/mol. The zero-order valence-electron chi connectivity index (χ0n) is 9.22. The lowest BCUT2D eigenvalue weighted by molar-refractivity contribution is -0.121. The van der Waals surface area contributed by atoms with Gasteiger partial charge in [-0.15, -0.1) is 0 Å². The fourth-order valence-electron chi connectivity index (χ4n) is 1.36. The van der Waals surface area contributed by atoms with Crippen molar-refractivity contribution in [2.75, 3.05) is 6.54 Å². The molecule has 0 saturated heterocycles. The van der Waals surface area contributed by atoms with E-state index in [1.807, 2.05) is 6.92 Å². The van der Waals surface area contributed by atoms with Gasteiger partial charge in [0.25, 0.3) is 0 Å². The van der Waals surface area contributed by atoms with Gasteiger partial charge >= 0.3 is 0 Å². The molecule has 1 N–H and O–H groups in total. The van der Waals surface area contributed by atoms with Crippen LogP contribution in [0.5, 0.6) is 0 Å². The van der Waals surface area contributed by atoms with Crippen LogP contribution in [0.2, 0.25) is 5.02 Å². The van der Waals surface area contributed by atoms with Crippen LogP contribution in [-0.2, 0) is 11.2 Å². The van der Waals surface area contributed by atoms with Gasteiger partial charge in [0.1, 0.15) is 5.82 Å². The molecule has 0 heterocycles. The highest BCUT2D eigenvalue weighted by Crippen LogP contribution is 2.15. The Morgan fingerprint density at radius 1 is 1.50 bits per heavy atom. The molecule has 0 aromatic heterocycles. The molecule has 0 radical (unpaired) electrons. The minimum Gasteiger partial charge on any atom is -0.356 e. The van der Waals surface area contributed by atoms with E-state index in [-0.39, 0.29) is 10.9 Å². The molecule has 0 bridgehead atoms. The predicted molar refractivity (Wildman–Crippen MR) is 63.0 cm³/mol. The molecule has 1 rings (SSSR count). The standard InChI is InChI=1S/C12H15ClFNO/c1-2-3-12(16)15-7-6-9-4-5-11(14)10(13)8-9/h4-5,8H,2-3,6-7H2,1H3,(H,15,16). The molecule has 0 aliphatic rings. The molecule has 0 aliphatic heterocycles. The lowest BCUT2D eigenvalue weighted by Crippen LogP contribution is -2.25. The van der Waals surface area contributed by atoms with E-state index in [4.69, 9.17) is 11.6 Å². The van der Waals surface area contributed by atoms with Crippen LogP contribution in [0.1, 0.15) is 25.3 Å². The van der Waals surface area contributed by atoms with Crippen molar-refractivity contribution in [3.05, 3.63) is 34.6 Å². The van der Waals surface area contributed by atoms with Crippen molar-refractivity contribution in [2.45, 2.75) is 26.2 Å². The summed E-state index contributed by atoms with van der Waals surface area (Å²) >= 11 is 5.64. The second-order valence-corrected chi connectivity index (χ2v) is 4.01. The van der Waals surface area contributed by atoms with Gasteiger partial charge in [0.2, 0.25) is 5.91 Å². The lowest BCUT2D eigenvalue weighted by atomic mass is 10.1. The average molecular weight is 244 g/mol. The Morgan fingerprint density at radius 2 is 2.25 bits per heavy atom. The number of benzene rings is 1. The lowest BCUT2D eigenvalue weighted by Gasteiger charge is -2.05. The zero-order valence-corrected chi connectivity index (χ0v) is 9.98. The van der Waals surface area contributed by atoms with E-state index in [1.54, 1.807) is 12.1 Å². The summed E-state index contributed by atoms with van der Waals surface area (Å²) in [5.74, 6) is -0.365. The minimum absolute atomic E-state index is 0.0516. The predicted octanol–water partition coefficient (Wildman–Crippen LogP) is 2.94. The molecule has 0 atom stereocenters. The Balaban J connectivity index is 2.37. The first kappa shape index (κ1) is 13.0. The number of nitrogens with one attached hydrogen (secondary N) is 1. The number of halogens is 2. The second-order valence-electron chi connectivity index (χ2n) is 3.60. The van der Waals surface area contributed by atoms with Crippen LogP contribution in [0.3, 0.4) is 0 Å². The third kappa shape index (κ3) is 4.19. The van der Waals surface area contributed by atoms with Crippen molar-refractivity contribution in [3.8, 4) is 0 Å². The number of rotatable bonds is 5. The molecule has 16 heavy (non-hydrogen) atoms. The normalized spacial score (nSPS) is 10.2. The van der Waals surface area contributed by atoms with Crippen LogP contribution in [0.15, 0.2) is 18.2 Å². The summed E-state index contributed by atoms with van der Waals surface area (Å²) in [6.45, 7) is 2.51. The third-order valence-corrected chi connectivity index (χ3v) is 2.49. The molecule has 0 unspecified atom stereocenters. The van der Waals surface area contributed by atoms with Gasteiger partial charge < -0.3 is 5.32 Å². The quantitative estimate of drug-likeness (QED) is 0.847. The average Bonchev–Trinajstić information content (AvgIpc) is 2.24. The maximum absolute atomic E-state index is 12.8. The maximum Gasteiger partial charge on any atom is 0.219 e. The highest BCUT2D eigenvalue weighted by molar-refractivity contribution is 6.30. The van der Waals surface area contributed by atoms with E-state index in [2.05, 4.69) is 5.32 Å². The maximum atomic E-state index is 12.8. The Morgan fingerprint density at radius 3 is 2.88 bits per heavy atom. The SMILES string of the molecule is CCCC(=O)NCCc1ccc(F)c(Cl)c1. The summed E-state index contributed by atoms with van der Waals surface area (Å²) in [7, 11) is 0. The van der Waals surface area contributed by atoms with E-state index < -0.39 is 5.82 Å². The molecule has 0 aliphatic carbocycles. The number of hydrogen-bond donors (Lipinski definition) is 1. The van der Waals surface area contributed by atoms with Crippen molar-refractivity contribution in [1.29, 1.82) is 0 Å². The number of carbonyl (C=O) groups is 1.